The number of nitrogens with one attached hydrogen (secondary N) is 2. The molecule has 176 valence electrons. The Morgan fingerprint density at radius 1 is 1.27 bits per heavy atom. The highest BCUT2D eigenvalue weighted by Crippen LogP contribution is 2.29. The molecule has 1 fully saturated rings. The summed E-state index contributed by atoms with van der Waals surface area (Å²) >= 11 is 0. The molecule has 0 saturated heterocycles. The van der Waals surface area contributed by atoms with Gasteiger partial charge in [-0.05, 0) is 44.0 Å². The number of nitrogens with two attached hydrogens (primary N) is 2. The number of primary amides is 1. The molecule has 0 bridgehead atoms. The summed E-state index contributed by atoms with van der Waals surface area (Å²) in [5.41, 5.74) is 14.2. The molecule has 3 aromatic rings. The molecule has 6 N–H and O–H groups in total. The van der Waals surface area contributed by atoms with E-state index in [1.807, 2.05) is 29.8 Å². The minimum absolute atomic E-state index is 0.0291. The van der Waals surface area contributed by atoms with Crippen molar-refractivity contribution < 1.29 is 13.9 Å². The summed E-state index contributed by atoms with van der Waals surface area (Å²) < 4.78 is 21.8. The maximum absolute atomic E-state index is 14.8. The second kappa shape index (κ2) is 9.72. The van der Waals surface area contributed by atoms with Crippen molar-refractivity contribution in [2.75, 3.05) is 24.4 Å². The average molecular weight is 456 g/mol. The Balaban J connectivity index is 1.65. The monoisotopic (exact) mass is 455 g/mol. The van der Waals surface area contributed by atoms with Gasteiger partial charge in [-0.15, -0.1) is 0 Å². The molecule has 1 aliphatic rings. The molecule has 10 heteroatoms. The van der Waals surface area contributed by atoms with E-state index in [1.54, 1.807) is 7.11 Å². The van der Waals surface area contributed by atoms with Gasteiger partial charge in [0.25, 0.3) is 5.91 Å². The van der Waals surface area contributed by atoms with Crippen molar-refractivity contribution in [1.82, 2.24) is 14.8 Å². The summed E-state index contributed by atoms with van der Waals surface area (Å²) in [4.78, 5) is 16.4. The summed E-state index contributed by atoms with van der Waals surface area (Å²) in [6, 6.07) is 6.66. The molecule has 0 radical (unpaired) electrons. The van der Waals surface area contributed by atoms with E-state index in [0.717, 1.165) is 48.3 Å². The normalized spacial score (nSPS) is 18.4. The Kier molecular flexibility index (Phi) is 6.75. The number of ether oxygens (including phenoxy) is 1. The van der Waals surface area contributed by atoms with Crippen molar-refractivity contribution in [2.45, 2.75) is 51.2 Å². The molecule has 0 aliphatic heterocycles. The SMILES string of the molecule is COCCn1nc(C)c2cc(Nc3nc(N[C@H]4CCCC[C@H]4N)c(F)cc3C(N)=O)ccc21. The van der Waals surface area contributed by atoms with Gasteiger partial charge in [0, 0.05) is 30.3 Å². The van der Waals surface area contributed by atoms with Crippen LogP contribution in [0.2, 0.25) is 0 Å². The molecule has 1 amide bonds. The van der Waals surface area contributed by atoms with Gasteiger partial charge in [-0.25, -0.2) is 9.37 Å². The number of methoxy groups -OCH3 is 1. The number of anilines is 3. The Bertz CT molecular complexity index is 1160. The largest absolute Gasteiger partial charge is 0.383 e. The Morgan fingerprint density at radius 3 is 2.79 bits per heavy atom. The highest BCUT2D eigenvalue weighted by molar-refractivity contribution is 5.99. The first kappa shape index (κ1) is 22.9. The molecule has 2 aromatic heterocycles. The van der Waals surface area contributed by atoms with Gasteiger partial charge >= 0.3 is 0 Å². The van der Waals surface area contributed by atoms with E-state index in [1.165, 1.54) is 0 Å². The van der Waals surface area contributed by atoms with Crippen LogP contribution in [0.5, 0.6) is 0 Å². The first-order valence-corrected chi connectivity index (χ1v) is 11.1. The van der Waals surface area contributed by atoms with Crippen molar-refractivity contribution in [2.24, 2.45) is 11.5 Å². The predicted octanol–water partition coefficient (Wildman–Crippen LogP) is 3.05. The van der Waals surface area contributed by atoms with Gasteiger partial charge in [-0.1, -0.05) is 12.8 Å². The lowest BCUT2D eigenvalue weighted by molar-refractivity contribution is 0.100. The lowest BCUT2D eigenvalue weighted by atomic mass is 9.91. The van der Waals surface area contributed by atoms with Crippen LogP contribution in [0.25, 0.3) is 10.9 Å². The highest BCUT2D eigenvalue weighted by atomic mass is 19.1. The fourth-order valence-electron chi connectivity index (χ4n) is 4.29. The Labute approximate surface area is 191 Å². The van der Waals surface area contributed by atoms with Gasteiger partial charge in [-0.3, -0.25) is 9.48 Å². The standard InChI is InChI=1S/C23H30FN7O2/c1-13-15-11-14(7-8-20(15)31(30-13)9-10-33-2)27-22-16(21(26)32)12-17(24)23(29-22)28-19-6-4-3-5-18(19)25/h7-8,11-12,18-19H,3-6,9-10,25H2,1-2H3,(H2,26,32)(H2,27,28,29)/t18-,19+/m1/s1. The minimum Gasteiger partial charge on any atom is -0.383 e. The molecule has 33 heavy (non-hydrogen) atoms. The summed E-state index contributed by atoms with van der Waals surface area (Å²) in [5.74, 6) is -1.18. The van der Waals surface area contributed by atoms with Crippen molar-refractivity contribution >= 4 is 34.1 Å². The number of aryl methyl sites for hydroxylation is 1. The van der Waals surface area contributed by atoms with Crippen LogP contribution >= 0.6 is 0 Å². The average Bonchev–Trinajstić information content (AvgIpc) is 3.10. The number of carbonyl (C=O) groups is 1. The topological polar surface area (TPSA) is 133 Å². The number of carbonyl (C=O) groups excluding carboxylic acids is 1. The quantitative estimate of drug-likeness (QED) is 0.410. The van der Waals surface area contributed by atoms with E-state index >= 15 is 0 Å². The van der Waals surface area contributed by atoms with Crippen LogP contribution < -0.4 is 22.1 Å². The summed E-state index contributed by atoms with van der Waals surface area (Å²) in [6.45, 7) is 3.12. The van der Waals surface area contributed by atoms with Gasteiger partial charge in [-0.2, -0.15) is 5.10 Å². The zero-order valence-corrected chi connectivity index (χ0v) is 18.9. The van der Waals surface area contributed by atoms with E-state index in [9.17, 15) is 9.18 Å². The molecule has 0 unspecified atom stereocenters. The van der Waals surface area contributed by atoms with E-state index in [4.69, 9.17) is 16.2 Å². The van der Waals surface area contributed by atoms with Crippen LogP contribution in [-0.4, -0.2) is 46.5 Å². The number of benzene rings is 1. The zero-order valence-electron chi connectivity index (χ0n) is 18.9. The van der Waals surface area contributed by atoms with Gasteiger partial charge < -0.3 is 26.8 Å². The molecule has 2 heterocycles. The third-order valence-electron chi connectivity index (χ3n) is 6.09. The van der Waals surface area contributed by atoms with Crippen LogP contribution in [0, 0.1) is 12.7 Å². The predicted molar refractivity (Wildman–Crippen MR) is 126 cm³/mol. The van der Waals surface area contributed by atoms with Gasteiger partial charge in [0.1, 0.15) is 5.82 Å². The van der Waals surface area contributed by atoms with Gasteiger partial charge in [0.2, 0.25) is 0 Å². The van der Waals surface area contributed by atoms with E-state index in [0.29, 0.717) is 18.8 Å². The van der Waals surface area contributed by atoms with Gasteiger partial charge in [0.05, 0.1) is 29.9 Å². The number of fused-ring (bicyclic) bond motifs is 1. The molecule has 2 atom stereocenters. The smallest absolute Gasteiger partial charge is 0.252 e. The molecule has 1 aliphatic carbocycles. The zero-order chi connectivity index (χ0) is 23.5. The number of aromatic nitrogens is 3. The fourth-order valence-corrected chi connectivity index (χ4v) is 4.29. The molecular weight excluding hydrogens is 425 g/mol. The van der Waals surface area contributed by atoms with Crippen LogP contribution in [0.3, 0.4) is 0 Å². The third-order valence-corrected chi connectivity index (χ3v) is 6.09. The number of halogens is 1. The lowest BCUT2D eigenvalue weighted by Crippen LogP contribution is -2.43. The molecule has 4 rings (SSSR count). The number of pyridine rings is 1. The van der Waals surface area contributed by atoms with E-state index in [2.05, 4.69) is 20.7 Å². The van der Waals surface area contributed by atoms with Crippen molar-refractivity contribution in [3.05, 3.63) is 41.3 Å². The molecular formula is C23H30FN7O2. The number of nitrogens with zero attached hydrogens (tertiary/aromatic N) is 3. The molecule has 0 spiro atoms. The Hall–Kier alpha value is -3.24. The summed E-state index contributed by atoms with van der Waals surface area (Å²) in [6.07, 6.45) is 3.80. The van der Waals surface area contributed by atoms with E-state index in [-0.39, 0.29) is 29.3 Å². The third kappa shape index (κ3) is 4.91. The Morgan fingerprint density at radius 2 is 2.06 bits per heavy atom. The van der Waals surface area contributed by atoms with Crippen LogP contribution in [-0.2, 0) is 11.3 Å². The number of amides is 1. The van der Waals surface area contributed by atoms with Crippen LogP contribution in [0.1, 0.15) is 41.7 Å². The first-order chi connectivity index (χ1) is 15.9. The maximum Gasteiger partial charge on any atom is 0.252 e. The molecule has 1 aromatic carbocycles. The van der Waals surface area contributed by atoms with Crippen LogP contribution in [0.4, 0.5) is 21.7 Å². The number of hydrogen-bond acceptors (Lipinski definition) is 7. The first-order valence-electron chi connectivity index (χ1n) is 11.1. The second-order valence-electron chi connectivity index (χ2n) is 8.44. The van der Waals surface area contributed by atoms with Crippen LogP contribution in [0.15, 0.2) is 24.3 Å². The minimum atomic E-state index is -0.769. The summed E-state index contributed by atoms with van der Waals surface area (Å²) in [5, 5.41) is 11.8. The second-order valence-corrected chi connectivity index (χ2v) is 8.44. The van der Waals surface area contributed by atoms with Crippen molar-refractivity contribution in [3.8, 4) is 0 Å². The van der Waals surface area contributed by atoms with Crippen molar-refractivity contribution in [1.29, 1.82) is 0 Å². The fraction of sp³-hybridized carbons (Fsp3) is 0.435. The molecule has 1 saturated carbocycles. The maximum atomic E-state index is 14.8. The van der Waals surface area contributed by atoms with E-state index < -0.39 is 11.7 Å². The lowest BCUT2D eigenvalue weighted by Gasteiger charge is -2.30. The summed E-state index contributed by atoms with van der Waals surface area (Å²) in [7, 11) is 1.65. The number of hydrogen-bond donors (Lipinski definition) is 4. The van der Waals surface area contributed by atoms with Crippen molar-refractivity contribution in [3.63, 3.8) is 0 Å². The highest BCUT2D eigenvalue weighted by Gasteiger charge is 2.24. The van der Waals surface area contributed by atoms with Gasteiger partial charge in [0.15, 0.2) is 11.6 Å². The number of rotatable bonds is 8. The molecule has 9 nitrogen and oxygen atoms in total.